The first-order chi connectivity index (χ1) is 10.2. The van der Waals surface area contributed by atoms with Gasteiger partial charge in [0.25, 0.3) is 0 Å². The molecular weight excluding hydrogens is 385 g/mol. The van der Waals surface area contributed by atoms with Gasteiger partial charge in [-0.05, 0) is 21.6 Å². The summed E-state index contributed by atoms with van der Waals surface area (Å²) in [5, 5.41) is 11.7. The Morgan fingerprint density at radius 3 is 1.81 bits per heavy atom. The van der Waals surface area contributed by atoms with E-state index in [-0.39, 0.29) is 6.42 Å². The van der Waals surface area contributed by atoms with E-state index in [1.165, 1.54) is 0 Å². The fourth-order valence-electron chi connectivity index (χ4n) is 0.755. The van der Waals surface area contributed by atoms with E-state index in [1.807, 2.05) is 44.7 Å². The molecule has 0 radical (unpaired) electrons. The molecule has 0 fully saturated rings. The van der Waals surface area contributed by atoms with Gasteiger partial charge in [0.2, 0.25) is 0 Å². The minimum absolute atomic E-state index is 0.222. The Kier molecular flexibility index (Phi) is 11.6. The molecule has 0 unspecified atom stereocenters. The molecule has 2 rings (SSSR count). The molecule has 4 nitrogen and oxygen atoms in total. The highest BCUT2D eigenvalue weighted by Gasteiger charge is 1.99. The van der Waals surface area contributed by atoms with Crippen LogP contribution in [0.4, 0.5) is 0 Å². The molecule has 0 saturated carbocycles. The first-order valence-electron chi connectivity index (χ1n) is 5.82. The molecule has 0 aromatic carbocycles. The van der Waals surface area contributed by atoms with Crippen molar-refractivity contribution in [1.82, 2.24) is 9.97 Å². The number of hydrogen-bond donors (Lipinski definition) is 1. The predicted molar refractivity (Wildman–Crippen MR) is 98.8 cm³/mol. The smallest absolute Gasteiger partial charge is 0.303 e. The quantitative estimate of drug-likeness (QED) is 0.477. The Hall–Kier alpha value is 0.130. The van der Waals surface area contributed by atoms with Crippen LogP contribution in [-0.2, 0) is 4.79 Å². The van der Waals surface area contributed by atoms with Gasteiger partial charge in [-0.2, -0.15) is 0 Å². The van der Waals surface area contributed by atoms with Gasteiger partial charge in [0, 0.05) is 41.1 Å². The van der Waals surface area contributed by atoms with Crippen LogP contribution in [0.3, 0.4) is 0 Å². The number of aromatic nitrogens is 2. The summed E-state index contributed by atoms with van der Waals surface area (Å²) in [6.45, 7) is 1.60. The van der Waals surface area contributed by atoms with Gasteiger partial charge >= 0.3 is 5.97 Å². The Labute approximate surface area is 147 Å². The lowest BCUT2D eigenvalue weighted by Gasteiger charge is -1.97. The van der Waals surface area contributed by atoms with Crippen molar-refractivity contribution < 1.29 is 9.90 Å². The van der Waals surface area contributed by atoms with Gasteiger partial charge in [0.1, 0.15) is 0 Å². The van der Waals surface area contributed by atoms with Crippen molar-refractivity contribution in [1.29, 1.82) is 0 Å². The first kappa shape index (κ1) is 19.2. The minimum atomic E-state index is -0.745. The van der Waals surface area contributed by atoms with E-state index in [9.17, 15) is 4.79 Å². The van der Waals surface area contributed by atoms with Crippen LogP contribution in [0.15, 0.2) is 31.8 Å². The van der Waals surface area contributed by atoms with Crippen LogP contribution >= 0.6 is 65.8 Å². The summed E-state index contributed by atoms with van der Waals surface area (Å²) in [4.78, 5) is 17.8. The van der Waals surface area contributed by atoms with Gasteiger partial charge < -0.3 is 5.11 Å². The zero-order chi connectivity index (χ0) is 15.3. The van der Waals surface area contributed by atoms with E-state index in [0.717, 1.165) is 20.2 Å². The van der Waals surface area contributed by atoms with E-state index in [2.05, 4.69) is 9.97 Å². The molecule has 0 bridgehead atoms. The second-order valence-corrected chi connectivity index (χ2v) is 10.3. The predicted octanol–water partition coefficient (Wildman–Crippen LogP) is 5.26. The molecule has 116 valence electrons. The third kappa shape index (κ3) is 10.5. The third-order valence-corrected chi connectivity index (χ3v) is 8.86. The molecule has 21 heavy (non-hydrogen) atoms. The third-order valence-electron chi connectivity index (χ3n) is 1.63. The lowest BCUT2D eigenvalue weighted by atomic mass is 10.5. The van der Waals surface area contributed by atoms with E-state index in [0.29, 0.717) is 0 Å². The standard InChI is InChI=1S/C8H8N2S6.C3H6O2/c1-3-11-7(9-1)15-13-5-6-14-16-8-10-2-4-12-8;1-2-3(4)5/h1-4H,5-6H2;2H2,1H3,(H,4,5). The van der Waals surface area contributed by atoms with E-state index < -0.39 is 5.97 Å². The molecule has 0 atom stereocenters. The maximum absolute atomic E-state index is 9.37. The van der Waals surface area contributed by atoms with Crippen LogP contribution in [-0.4, -0.2) is 32.5 Å². The van der Waals surface area contributed by atoms with Gasteiger partial charge in [0.05, 0.1) is 0 Å². The summed E-state index contributed by atoms with van der Waals surface area (Å²) in [5.41, 5.74) is 0. The molecule has 1 N–H and O–H groups in total. The van der Waals surface area contributed by atoms with Crippen molar-refractivity contribution >= 4 is 71.8 Å². The first-order valence-corrected chi connectivity index (χ1v) is 12.2. The molecule has 0 aliphatic rings. The second kappa shape index (κ2) is 12.7. The molecule has 2 aromatic heterocycles. The Morgan fingerprint density at radius 1 is 1.10 bits per heavy atom. The maximum atomic E-state index is 9.37. The number of carboxylic acid groups (broad SMARTS) is 1. The monoisotopic (exact) mass is 398 g/mol. The molecule has 0 amide bonds. The van der Waals surface area contributed by atoms with Gasteiger partial charge in [-0.3, -0.25) is 4.79 Å². The van der Waals surface area contributed by atoms with Crippen molar-refractivity contribution in [3.63, 3.8) is 0 Å². The van der Waals surface area contributed by atoms with E-state index in [4.69, 9.17) is 5.11 Å². The van der Waals surface area contributed by atoms with Gasteiger partial charge in [-0.15, -0.1) is 22.7 Å². The highest BCUT2D eigenvalue weighted by atomic mass is 33.1. The SMILES string of the molecule is CCC(=O)O.c1csc(SSCCSSc2nccs2)n1. The number of rotatable bonds is 8. The summed E-state index contributed by atoms with van der Waals surface area (Å²) in [6, 6.07) is 0. The fourth-order valence-corrected chi connectivity index (χ4v) is 7.40. The van der Waals surface area contributed by atoms with E-state index in [1.54, 1.807) is 51.2 Å². The van der Waals surface area contributed by atoms with Crippen LogP contribution in [0.5, 0.6) is 0 Å². The number of thiazole rings is 2. The topological polar surface area (TPSA) is 63.1 Å². The summed E-state index contributed by atoms with van der Waals surface area (Å²) in [5.74, 6) is 1.52. The number of hydrogen-bond acceptors (Lipinski definition) is 9. The zero-order valence-electron chi connectivity index (χ0n) is 11.1. The van der Waals surface area contributed by atoms with Crippen LogP contribution in [0.1, 0.15) is 13.3 Å². The minimum Gasteiger partial charge on any atom is -0.481 e. The Bertz CT molecular complexity index is 439. The lowest BCUT2D eigenvalue weighted by Crippen LogP contribution is -1.86. The highest BCUT2D eigenvalue weighted by molar-refractivity contribution is 8.78. The molecule has 0 spiro atoms. The molecule has 2 heterocycles. The number of carbonyl (C=O) groups is 1. The molecule has 2 aromatic rings. The molecule has 0 aliphatic heterocycles. The van der Waals surface area contributed by atoms with Crippen LogP contribution in [0, 0.1) is 0 Å². The largest absolute Gasteiger partial charge is 0.481 e. The molecule has 10 heteroatoms. The average Bonchev–Trinajstić information content (AvgIpc) is 3.16. The summed E-state index contributed by atoms with van der Waals surface area (Å²) in [7, 11) is 7.25. The fraction of sp³-hybridized carbons (Fsp3) is 0.364. The zero-order valence-corrected chi connectivity index (χ0v) is 16.0. The van der Waals surface area contributed by atoms with Crippen molar-refractivity contribution in [2.45, 2.75) is 22.0 Å². The number of aliphatic carboxylic acids is 1. The normalized spacial score (nSPS) is 9.95. The summed E-state index contributed by atoms with van der Waals surface area (Å²) in [6.07, 6.45) is 3.92. The van der Waals surface area contributed by atoms with Crippen molar-refractivity contribution in [2.24, 2.45) is 0 Å². The number of carboxylic acids is 1. The van der Waals surface area contributed by atoms with Crippen molar-refractivity contribution in [3.8, 4) is 0 Å². The lowest BCUT2D eigenvalue weighted by molar-refractivity contribution is -0.136. The Morgan fingerprint density at radius 2 is 1.52 bits per heavy atom. The average molecular weight is 399 g/mol. The van der Waals surface area contributed by atoms with Gasteiger partial charge in [-0.1, -0.05) is 28.5 Å². The van der Waals surface area contributed by atoms with Gasteiger partial charge in [-0.25, -0.2) is 9.97 Å². The van der Waals surface area contributed by atoms with Crippen LogP contribution in [0.25, 0.3) is 0 Å². The van der Waals surface area contributed by atoms with Crippen molar-refractivity contribution in [3.05, 3.63) is 23.2 Å². The Balaban J connectivity index is 0.000000383. The van der Waals surface area contributed by atoms with Gasteiger partial charge in [0.15, 0.2) is 8.68 Å². The summed E-state index contributed by atoms with van der Waals surface area (Å²) >= 11 is 3.39. The molecule has 0 saturated heterocycles. The van der Waals surface area contributed by atoms with E-state index >= 15 is 0 Å². The van der Waals surface area contributed by atoms with Crippen molar-refractivity contribution in [2.75, 3.05) is 11.5 Å². The second-order valence-electron chi connectivity index (χ2n) is 3.15. The highest BCUT2D eigenvalue weighted by Crippen LogP contribution is 2.36. The van der Waals surface area contributed by atoms with Crippen LogP contribution < -0.4 is 0 Å². The molecular formula is C11H14N2O2S6. The number of nitrogens with zero attached hydrogens (tertiary/aromatic N) is 2. The summed E-state index contributed by atoms with van der Waals surface area (Å²) < 4.78 is 2.28. The van der Waals surface area contributed by atoms with Crippen LogP contribution in [0.2, 0.25) is 0 Å². The molecule has 0 aliphatic carbocycles. The maximum Gasteiger partial charge on any atom is 0.303 e.